The van der Waals surface area contributed by atoms with Crippen molar-refractivity contribution in [2.24, 2.45) is 11.8 Å². The number of aromatic nitrogens is 6. The van der Waals surface area contributed by atoms with E-state index in [4.69, 9.17) is 19.7 Å². The zero-order valence-electron chi connectivity index (χ0n) is 47.0. The van der Waals surface area contributed by atoms with Crippen LogP contribution in [0.25, 0.3) is 16.9 Å². The lowest BCUT2D eigenvalue weighted by molar-refractivity contribution is -0.141. The number of pyridine rings is 1. The number of hydrogen-bond donors (Lipinski definition) is 4. The van der Waals surface area contributed by atoms with Crippen LogP contribution in [-0.2, 0) is 14.3 Å². The monoisotopic (exact) mass is 1100 g/mol. The van der Waals surface area contributed by atoms with Crippen LogP contribution < -0.4 is 30.5 Å². The number of β-amino-alcohol motifs (C(OH)–C–C–N with tert-alkyl or cyclic N) is 1. The number of likely N-dealkylation sites (tertiary alicyclic amines) is 2. The highest BCUT2D eigenvalue weighted by Gasteiger charge is 2.45. The number of aliphatic hydroxyl groups excluding tert-OH is 1. The van der Waals surface area contributed by atoms with Crippen molar-refractivity contribution in [1.82, 2.24) is 45.0 Å². The maximum Gasteiger partial charge on any atom is 0.243 e. The molecule has 12 rings (SSSR count). The number of nitrogen functional groups attached to an aromatic ring is 1. The number of nitrogens with zero attached hydrogens (tertiary/aromatic N) is 11. The Balaban J connectivity index is 0.564. The van der Waals surface area contributed by atoms with Crippen LogP contribution in [0.3, 0.4) is 0 Å². The number of hydrogen-bond acceptors (Lipinski definition) is 17. The van der Waals surface area contributed by atoms with E-state index < -0.39 is 18.1 Å². The standard InChI is InChI=1S/C61H77N13O7/c1-37(2)58(61(78)73-36-46(75)30-53(73)60(77)65-38(3)41-9-11-42(12-10-41)72-26-21-63-39(72)4)55-32-56(68-81-55)70-24-18-48(19-25-70)79-47-16-22-69(23-17-47)33-40-27-49(28-40)80-57-29-43(15-20-64-57)74-44-13-14-45(74)35-71(34-44)52-31-51(66-67-59(52)62)50-7-5-6-8-54(50)76/h5-12,15,20-21,26,29,31-32,37-38,40,44-49,53,58,75-76H,13-14,16-19,22-25,27-28,30,33-36H2,1-4H3,(H2,62,67)(H,65,77)/t38-,40?,44+,45?,46+,49?,53-,58-/m0/s1. The van der Waals surface area contributed by atoms with Gasteiger partial charge in [-0.15, -0.1) is 10.2 Å². The first-order valence-corrected chi connectivity index (χ1v) is 29.3. The van der Waals surface area contributed by atoms with E-state index in [1.807, 2.05) is 93.2 Å². The summed E-state index contributed by atoms with van der Waals surface area (Å²) in [6.45, 7) is 14.2. The molecule has 6 aromatic rings. The molecule has 81 heavy (non-hydrogen) atoms. The summed E-state index contributed by atoms with van der Waals surface area (Å²) in [5, 5.41) is 37.4. The maximum atomic E-state index is 14.4. The highest BCUT2D eigenvalue weighted by molar-refractivity contribution is 5.91. The van der Waals surface area contributed by atoms with Gasteiger partial charge in [0.1, 0.15) is 29.6 Å². The summed E-state index contributed by atoms with van der Waals surface area (Å²) in [6.07, 6.45) is 13.6. The number of benzene rings is 2. The van der Waals surface area contributed by atoms with Gasteiger partial charge < -0.3 is 64.3 Å². The predicted molar refractivity (Wildman–Crippen MR) is 307 cm³/mol. The molecule has 2 amide bonds. The Bertz CT molecular complexity index is 3130. The zero-order chi connectivity index (χ0) is 55.9. The molecule has 2 aromatic carbocycles. The normalized spacial score (nSPS) is 24.4. The largest absolute Gasteiger partial charge is 0.507 e. The summed E-state index contributed by atoms with van der Waals surface area (Å²) in [5.74, 6) is 2.56. The quantitative estimate of drug-likeness (QED) is 0.0717. The number of carbonyl (C=O) groups excluding carboxylic acids is 2. The first kappa shape index (κ1) is 54.3. The number of nitrogens with one attached hydrogen (secondary N) is 1. The number of piperazine rings is 1. The minimum Gasteiger partial charge on any atom is -0.507 e. The van der Waals surface area contributed by atoms with Crippen molar-refractivity contribution >= 4 is 34.8 Å². The topological polar surface area (TPSA) is 230 Å². The lowest BCUT2D eigenvalue weighted by atomic mass is 9.81. The average Bonchev–Trinajstić information content (AvgIpc) is 4.28. The van der Waals surface area contributed by atoms with Crippen LogP contribution in [0, 0.1) is 18.8 Å². The van der Waals surface area contributed by atoms with Crippen LogP contribution in [0.2, 0.25) is 0 Å². The fourth-order valence-electron chi connectivity index (χ4n) is 13.6. The Labute approximate surface area is 473 Å². The van der Waals surface area contributed by atoms with E-state index in [9.17, 15) is 19.8 Å². The number of imidazole rings is 1. The highest BCUT2D eigenvalue weighted by Crippen LogP contribution is 2.41. The molecule has 6 fully saturated rings. The van der Waals surface area contributed by atoms with Gasteiger partial charge in [-0.3, -0.25) is 9.59 Å². The molecule has 5 N–H and O–H groups in total. The van der Waals surface area contributed by atoms with E-state index >= 15 is 0 Å². The van der Waals surface area contributed by atoms with Crippen molar-refractivity contribution in [3.63, 3.8) is 0 Å². The second-order valence-electron chi connectivity index (χ2n) is 23.8. The molecule has 9 heterocycles. The first-order chi connectivity index (χ1) is 39.3. The molecule has 1 unspecified atom stereocenters. The van der Waals surface area contributed by atoms with Crippen LogP contribution in [-0.4, -0.2) is 157 Å². The number of phenols is 1. The number of phenolic OH excluding ortho intramolecular Hbond substituents is 1. The van der Waals surface area contributed by atoms with Gasteiger partial charge in [-0.05, 0) is 119 Å². The van der Waals surface area contributed by atoms with Crippen molar-refractivity contribution in [2.45, 2.75) is 140 Å². The number of aromatic hydroxyl groups is 1. The third-order valence-corrected chi connectivity index (χ3v) is 18.0. The Kier molecular flexibility index (Phi) is 15.6. The van der Waals surface area contributed by atoms with Gasteiger partial charge in [0.15, 0.2) is 17.4 Å². The molecule has 0 spiro atoms. The second kappa shape index (κ2) is 23.3. The van der Waals surface area contributed by atoms with Crippen molar-refractivity contribution in [2.75, 3.05) is 72.8 Å². The number of aryl methyl sites for hydroxylation is 1. The van der Waals surface area contributed by atoms with Gasteiger partial charge in [0.2, 0.25) is 17.7 Å². The summed E-state index contributed by atoms with van der Waals surface area (Å²) < 4.78 is 21.2. The molecular formula is C61H77N13O7. The summed E-state index contributed by atoms with van der Waals surface area (Å²) >= 11 is 0. The minimum atomic E-state index is -0.812. The summed E-state index contributed by atoms with van der Waals surface area (Å²) in [6, 6.07) is 22.7. The van der Waals surface area contributed by atoms with Gasteiger partial charge in [0.25, 0.3) is 0 Å². The van der Waals surface area contributed by atoms with Gasteiger partial charge >= 0.3 is 0 Å². The number of carbonyl (C=O) groups is 2. The Morgan fingerprint density at radius 3 is 2.23 bits per heavy atom. The zero-order valence-corrected chi connectivity index (χ0v) is 47.0. The summed E-state index contributed by atoms with van der Waals surface area (Å²) in [7, 11) is 0. The first-order valence-electron chi connectivity index (χ1n) is 29.3. The molecule has 5 saturated heterocycles. The molecule has 5 aliphatic heterocycles. The molecule has 6 aliphatic rings. The number of aliphatic hydroxyl groups is 1. The SMILES string of the molecule is Cc1nccn1-c1ccc([C@H](C)NC(=O)[C@@H]2C[C@@H](O)CN2C(=O)[C@H](c2cc(N3CCC(OC4CCN(CC5CC(Oc6cc(N7C8CC[C@@H]7CN(c7cc(-c9ccccc9O)nnc7N)C8)ccn6)C5)CC4)CC3)no2)C(C)C)cc1. The van der Waals surface area contributed by atoms with E-state index in [-0.39, 0.29) is 60.8 Å². The molecule has 428 valence electrons. The van der Waals surface area contributed by atoms with E-state index in [1.54, 1.807) is 18.3 Å². The van der Waals surface area contributed by atoms with Crippen molar-refractivity contribution in [3.8, 4) is 28.6 Å². The van der Waals surface area contributed by atoms with Crippen LogP contribution in [0.15, 0.2) is 95.9 Å². The Morgan fingerprint density at radius 1 is 0.802 bits per heavy atom. The highest BCUT2D eigenvalue weighted by atomic mass is 16.5. The molecule has 0 radical (unpaired) electrons. The Hall–Kier alpha value is -7.29. The van der Waals surface area contributed by atoms with Gasteiger partial charge in [0, 0.05) is 119 Å². The number of piperidine rings is 2. The smallest absolute Gasteiger partial charge is 0.243 e. The molecule has 20 heteroatoms. The minimum absolute atomic E-state index is 0.0749. The number of nitrogens with two attached hydrogens (primary N) is 1. The van der Waals surface area contributed by atoms with Crippen molar-refractivity contribution < 1.29 is 33.8 Å². The molecule has 6 atom stereocenters. The fourth-order valence-corrected chi connectivity index (χ4v) is 13.6. The maximum absolute atomic E-state index is 14.4. The van der Waals surface area contributed by atoms with Gasteiger partial charge in [-0.2, -0.15) is 0 Å². The van der Waals surface area contributed by atoms with E-state index in [2.05, 4.69) is 62.4 Å². The number of ether oxygens (including phenoxy) is 2. The summed E-state index contributed by atoms with van der Waals surface area (Å²) in [5.41, 5.74) is 11.6. The van der Waals surface area contributed by atoms with E-state index in [0.717, 1.165) is 126 Å². The third-order valence-electron chi connectivity index (χ3n) is 18.0. The number of rotatable bonds is 17. The molecule has 1 saturated carbocycles. The van der Waals surface area contributed by atoms with Crippen molar-refractivity contribution in [3.05, 3.63) is 109 Å². The number of fused-ring (bicyclic) bond motifs is 2. The summed E-state index contributed by atoms with van der Waals surface area (Å²) in [4.78, 5) is 48.4. The molecule has 2 bridgehead atoms. The van der Waals surface area contributed by atoms with E-state index in [1.165, 1.54) is 4.90 Å². The third kappa shape index (κ3) is 11.6. The molecule has 4 aromatic heterocycles. The van der Waals surface area contributed by atoms with Crippen LogP contribution in [0.4, 0.5) is 23.0 Å². The number of amides is 2. The van der Waals surface area contributed by atoms with Crippen molar-refractivity contribution in [1.29, 1.82) is 0 Å². The second-order valence-corrected chi connectivity index (χ2v) is 23.8. The average molecular weight is 1100 g/mol. The van der Waals surface area contributed by atoms with Crippen LogP contribution >= 0.6 is 0 Å². The van der Waals surface area contributed by atoms with Gasteiger partial charge in [0.05, 0.1) is 35.7 Å². The van der Waals surface area contributed by atoms with Crippen LogP contribution in [0.1, 0.15) is 108 Å². The fraction of sp³-hybridized carbons (Fsp3) is 0.525. The molecule has 20 nitrogen and oxygen atoms in total. The lowest BCUT2D eigenvalue weighted by Crippen LogP contribution is -2.54. The molecule has 1 aliphatic carbocycles. The van der Waals surface area contributed by atoms with E-state index in [0.29, 0.717) is 52.5 Å². The van der Waals surface area contributed by atoms with Gasteiger partial charge in [-0.1, -0.05) is 43.3 Å². The number of anilines is 4. The molecular weight excluding hydrogens is 1030 g/mol. The van der Waals surface area contributed by atoms with Gasteiger partial charge in [-0.25, -0.2) is 9.97 Å². The Morgan fingerprint density at radius 2 is 1.53 bits per heavy atom. The predicted octanol–water partition coefficient (Wildman–Crippen LogP) is 7.05. The lowest BCUT2D eigenvalue weighted by Gasteiger charge is -2.43. The van der Waals surface area contributed by atoms with Crippen LogP contribution in [0.5, 0.6) is 11.6 Å². The number of para-hydroxylation sites is 1.